The highest BCUT2D eigenvalue weighted by atomic mass is 19.4. The van der Waals surface area contributed by atoms with Crippen LogP contribution in [-0.4, -0.2) is 71.5 Å². The molecule has 0 radical (unpaired) electrons. The van der Waals surface area contributed by atoms with Crippen LogP contribution in [0.1, 0.15) is 55.2 Å². The summed E-state index contributed by atoms with van der Waals surface area (Å²) < 4.78 is 37.0. The van der Waals surface area contributed by atoms with Crippen LogP contribution in [0.2, 0.25) is 0 Å². The molecule has 1 aliphatic carbocycles. The molecular weight excluding hydrogens is 471 g/mol. The fourth-order valence-corrected chi connectivity index (χ4v) is 5.13. The van der Waals surface area contributed by atoms with Gasteiger partial charge in [0.05, 0.1) is 17.6 Å². The van der Waals surface area contributed by atoms with Crippen LogP contribution in [0.4, 0.5) is 18.9 Å². The lowest BCUT2D eigenvalue weighted by Crippen LogP contribution is -2.49. The molecule has 0 amide bonds. The van der Waals surface area contributed by atoms with Gasteiger partial charge < -0.3 is 15.6 Å². The van der Waals surface area contributed by atoms with Gasteiger partial charge in [-0.05, 0) is 43.9 Å². The maximum atomic E-state index is 12.3. The number of nitrogens with two attached hydrogens (primary N) is 1. The molecule has 2 aliphatic rings. The van der Waals surface area contributed by atoms with Gasteiger partial charge >= 0.3 is 6.18 Å². The third kappa shape index (κ3) is 6.25. The van der Waals surface area contributed by atoms with Crippen molar-refractivity contribution in [2.45, 2.75) is 56.9 Å². The molecule has 1 unspecified atom stereocenters. The smallest absolute Gasteiger partial charge is 0.368 e. The van der Waals surface area contributed by atoms with E-state index in [1.807, 2.05) is 19.1 Å². The number of alkyl halides is 3. The summed E-state index contributed by atoms with van der Waals surface area (Å²) in [6, 6.07) is 8.19. The average molecular weight is 506 g/mol. The first kappa shape index (κ1) is 26.2. The van der Waals surface area contributed by atoms with E-state index in [9.17, 15) is 18.0 Å². The van der Waals surface area contributed by atoms with Crippen molar-refractivity contribution in [2.24, 2.45) is 10.8 Å². The zero-order valence-corrected chi connectivity index (χ0v) is 20.7. The third-order valence-corrected chi connectivity index (χ3v) is 7.30. The summed E-state index contributed by atoms with van der Waals surface area (Å²) in [5, 5.41) is 4.39. The minimum Gasteiger partial charge on any atom is -0.368 e. The van der Waals surface area contributed by atoms with Gasteiger partial charge in [-0.1, -0.05) is 13.0 Å². The fraction of sp³-hybridized carbons (Fsp3) is 0.560. The highest BCUT2D eigenvalue weighted by Crippen LogP contribution is 2.36. The normalized spacial score (nSPS) is 22.3. The van der Waals surface area contributed by atoms with Crippen molar-refractivity contribution in [3.63, 3.8) is 0 Å². The number of aromatic amines is 1. The number of rotatable bonds is 7. The SMILES string of the molecule is CCc1ccc([C@@H]2CC[C@H](N3CCN(c4ccc(C(N)N(C)/N=C/C(F)(F)F)nc4)CC3)C2)[nH]c1=O. The summed E-state index contributed by atoms with van der Waals surface area (Å²) in [7, 11) is 1.38. The monoisotopic (exact) mass is 505 g/mol. The first-order valence-corrected chi connectivity index (χ1v) is 12.4. The number of hydrogen-bond donors (Lipinski definition) is 2. The number of hydrogen-bond acceptors (Lipinski definition) is 7. The summed E-state index contributed by atoms with van der Waals surface area (Å²) in [5.41, 5.74) is 9.33. The van der Waals surface area contributed by atoms with Crippen molar-refractivity contribution in [1.29, 1.82) is 0 Å². The summed E-state index contributed by atoms with van der Waals surface area (Å²) >= 11 is 0. The van der Waals surface area contributed by atoms with Crippen LogP contribution in [0.3, 0.4) is 0 Å². The van der Waals surface area contributed by atoms with Crippen molar-refractivity contribution in [3.05, 3.63) is 57.8 Å². The van der Waals surface area contributed by atoms with E-state index < -0.39 is 12.3 Å². The average Bonchev–Trinajstić information content (AvgIpc) is 3.37. The zero-order chi connectivity index (χ0) is 25.9. The Morgan fingerprint density at radius 2 is 1.97 bits per heavy atom. The topological polar surface area (TPSA) is 93.8 Å². The predicted molar refractivity (Wildman–Crippen MR) is 134 cm³/mol. The van der Waals surface area contributed by atoms with E-state index in [4.69, 9.17) is 5.73 Å². The van der Waals surface area contributed by atoms with Crippen molar-refractivity contribution < 1.29 is 13.2 Å². The number of H-pyrrole nitrogens is 1. The van der Waals surface area contributed by atoms with Gasteiger partial charge in [-0.15, -0.1) is 0 Å². The summed E-state index contributed by atoms with van der Waals surface area (Å²) in [5.74, 6) is 0.395. The minimum atomic E-state index is -4.49. The summed E-state index contributed by atoms with van der Waals surface area (Å²) in [6.45, 7) is 5.61. The van der Waals surface area contributed by atoms with Crippen molar-refractivity contribution in [2.75, 3.05) is 38.1 Å². The van der Waals surface area contributed by atoms with Gasteiger partial charge in [0.25, 0.3) is 5.56 Å². The Morgan fingerprint density at radius 1 is 1.22 bits per heavy atom. The number of nitrogens with one attached hydrogen (secondary N) is 1. The van der Waals surface area contributed by atoms with E-state index in [0.29, 0.717) is 17.7 Å². The van der Waals surface area contributed by atoms with Crippen molar-refractivity contribution in [1.82, 2.24) is 19.9 Å². The second kappa shape index (κ2) is 11.0. The van der Waals surface area contributed by atoms with Gasteiger partial charge in [0.1, 0.15) is 12.4 Å². The van der Waals surface area contributed by atoms with Crippen LogP contribution in [0, 0.1) is 0 Å². The van der Waals surface area contributed by atoms with Gasteiger partial charge in [-0.2, -0.15) is 18.3 Å². The van der Waals surface area contributed by atoms with Gasteiger partial charge in [0.2, 0.25) is 0 Å². The Morgan fingerprint density at radius 3 is 2.58 bits per heavy atom. The van der Waals surface area contributed by atoms with E-state index in [0.717, 1.165) is 73.8 Å². The second-order valence-electron chi connectivity index (χ2n) is 9.55. The molecule has 8 nitrogen and oxygen atoms in total. The van der Waals surface area contributed by atoms with Gasteiger partial charge in [-0.3, -0.25) is 19.7 Å². The lowest BCUT2D eigenvalue weighted by molar-refractivity contribution is -0.0549. The molecular formula is C25H34F3N7O. The minimum absolute atomic E-state index is 0.0355. The zero-order valence-electron chi connectivity index (χ0n) is 20.7. The first-order valence-electron chi connectivity index (χ1n) is 12.4. The number of piperazine rings is 1. The van der Waals surface area contributed by atoms with Crippen LogP contribution in [0.5, 0.6) is 0 Å². The number of halogens is 3. The molecule has 36 heavy (non-hydrogen) atoms. The standard InChI is InChI=1S/C25H34F3N7O/c1-3-17-5-8-21(32-24(17)36)18-4-6-19(14-18)34-10-12-35(13-11-34)20-7-9-22(30-15-20)23(29)33(2)31-16-25(26,27)28/h5,7-9,15-16,18-19,23H,3-4,6,10-14,29H2,1-2H3,(H,32,36)/b31-16+/t18-,19+,23?/m1/s1. The van der Waals surface area contributed by atoms with E-state index in [-0.39, 0.29) is 11.8 Å². The number of anilines is 1. The molecule has 2 fully saturated rings. The number of hydrazone groups is 1. The fourth-order valence-electron chi connectivity index (χ4n) is 5.13. The Balaban J connectivity index is 1.29. The van der Waals surface area contributed by atoms with Gasteiger partial charge in [-0.25, -0.2) is 0 Å². The Labute approximate surface area is 209 Å². The molecule has 0 spiro atoms. The predicted octanol–water partition coefficient (Wildman–Crippen LogP) is 3.23. The molecule has 3 heterocycles. The second-order valence-corrected chi connectivity index (χ2v) is 9.55. The number of pyridine rings is 2. The van der Waals surface area contributed by atoms with Crippen LogP contribution in [-0.2, 0) is 6.42 Å². The molecule has 2 aromatic rings. The molecule has 0 aromatic carbocycles. The van der Waals surface area contributed by atoms with E-state index in [1.54, 1.807) is 12.3 Å². The van der Waals surface area contributed by atoms with Gasteiger partial charge in [0, 0.05) is 56.4 Å². The van der Waals surface area contributed by atoms with E-state index in [2.05, 4.69) is 30.9 Å². The van der Waals surface area contributed by atoms with Crippen molar-refractivity contribution in [3.8, 4) is 0 Å². The Bertz CT molecular complexity index is 1090. The summed E-state index contributed by atoms with van der Waals surface area (Å²) in [6.07, 6.45) is 0.262. The molecule has 3 atom stereocenters. The number of aromatic nitrogens is 2. The molecule has 3 N–H and O–H groups in total. The molecule has 196 valence electrons. The highest BCUT2D eigenvalue weighted by Gasteiger charge is 2.32. The van der Waals surface area contributed by atoms with Crippen LogP contribution >= 0.6 is 0 Å². The Hall–Kier alpha value is -2.92. The maximum absolute atomic E-state index is 12.3. The molecule has 1 aliphatic heterocycles. The molecule has 1 saturated carbocycles. The van der Waals surface area contributed by atoms with E-state index in [1.165, 1.54) is 7.05 Å². The third-order valence-electron chi connectivity index (χ3n) is 7.30. The molecule has 2 aromatic heterocycles. The largest absolute Gasteiger partial charge is 0.428 e. The number of nitrogens with zero attached hydrogens (tertiary/aromatic N) is 5. The lowest BCUT2D eigenvalue weighted by atomic mass is 10.0. The molecule has 4 rings (SSSR count). The van der Waals surface area contributed by atoms with E-state index >= 15 is 0 Å². The summed E-state index contributed by atoms with van der Waals surface area (Å²) in [4.78, 5) is 24.5. The molecule has 0 bridgehead atoms. The van der Waals surface area contributed by atoms with Crippen LogP contribution < -0.4 is 16.2 Å². The molecule has 1 saturated heterocycles. The van der Waals surface area contributed by atoms with Gasteiger partial charge in [0.15, 0.2) is 0 Å². The maximum Gasteiger partial charge on any atom is 0.428 e. The highest BCUT2D eigenvalue weighted by molar-refractivity contribution is 5.63. The Kier molecular flexibility index (Phi) is 7.99. The van der Waals surface area contributed by atoms with Crippen LogP contribution in [0.15, 0.2) is 40.4 Å². The molecule has 11 heteroatoms. The lowest BCUT2D eigenvalue weighted by Gasteiger charge is -2.39. The van der Waals surface area contributed by atoms with Crippen LogP contribution in [0.25, 0.3) is 0 Å². The number of aryl methyl sites for hydroxylation is 1. The quantitative estimate of drug-likeness (QED) is 0.341. The first-order chi connectivity index (χ1) is 17.1. The van der Waals surface area contributed by atoms with Crippen molar-refractivity contribution >= 4 is 11.9 Å².